The summed E-state index contributed by atoms with van der Waals surface area (Å²) in [5.41, 5.74) is 2.58. The van der Waals surface area contributed by atoms with E-state index in [2.05, 4.69) is 75.8 Å². The standard InChI is InChI=1S/C18H27N5/c1-19-18(20-10-13-23-11-4-5-12-23)21-14-16-6-8-17(9-7-16)15-22(2)3/h4-9,11-12H,10,13-15H2,1-3H3,(H2,19,20,21). The second kappa shape index (κ2) is 9.00. The van der Waals surface area contributed by atoms with E-state index in [1.165, 1.54) is 11.1 Å². The molecule has 23 heavy (non-hydrogen) atoms. The van der Waals surface area contributed by atoms with E-state index in [-0.39, 0.29) is 0 Å². The highest BCUT2D eigenvalue weighted by Gasteiger charge is 2.00. The Balaban J connectivity index is 1.74. The van der Waals surface area contributed by atoms with Crippen LogP contribution in [0, 0.1) is 0 Å². The average molecular weight is 313 g/mol. The van der Waals surface area contributed by atoms with Crippen LogP contribution in [0.3, 0.4) is 0 Å². The van der Waals surface area contributed by atoms with Crippen molar-refractivity contribution in [3.05, 3.63) is 59.9 Å². The molecular weight excluding hydrogens is 286 g/mol. The minimum absolute atomic E-state index is 0.769. The van der Waals surface area contributed by atoms with E-state index in [1.54, 1.807) is 7.05 Å². The summed E-state index contributed by atoms with van der Waals surface area (Å²) in [6, 6.07) is 12.8. The van der Waals surface area contributed by atoms with Crippen LogP contribution < -0.4 is 10.6 Å². The summed E-state index contributed by atoms with van der Waals surface area (Å²) < 4.78 is 2.14. The SMILES string of the molecule is CN=C(NCCn1cccc1)NCc1ccc(CN(C)C)cc1. The van der Waals surface area contributed by atoms with E-state index >= 15 is 0 Å². The fraction of sp³-hybridized carbons (Fsp3) is 0.389. The Hall–Kier alpha value is -2.27. The fourth-order valence-electron chi connectivity index (χ4n) is 2.36. The summed E-state index contributed by atoms with van der Waals surface area (Å²) in [7, 11) is 5.96. The molecular formula is C18H27N5. The van der Waals surface area contributed by atoms with Gasteiger partial charge in [-0.1, -0.05) is 24.3 Å². The number of benzene rings is 1. The third-order valence-corrected chi connectivity index (χ3v) is 3.53. The number of guanidine groups is 1. The Kier molecular flexibility index (Phi) is 6.69. The Morgan fingerprint density at radius 3 is 2.30 bits per heavy atom. The molecule has 0 bridgehead atoms. The molecule has 0 saturated heterocycles. The van der Waals surface area contributed by atoms with Gasteiger partial charge in [0.25, 0.3) is 0 Å². The van der Waals surface area contributed by atoms with Gasteiger partial charge < -0.3 is 20.1 Å². The second-order valence-corrected chi connectivity index (χ2v) is 5.83. The van der Waals surface area contributed by atoms with Crippen molar-refractivity contribution < 1.29 is 0 Å². The summed E-state index contributed by atoms with van der Waals surface area (Å²) in [5, 5.41) is 6.67. The van der Waals surface area contributed by atoms with Crippen molar-refractivity contribution in [1.82, 2.24) is 20.1 Å². The zero-order chi connectivity index (χ0) is 16.5. The molecule has 124 valence electrons. The van der Waals surface area contributed by atoms with E-state index in [9.17, 15) is 0 Å². The maximum absolute atomic E-state index is 4.26. The Bertz CT molecular complexity index is 584. The van der Waals surface area contributed by atoms with Crippen LogP contribution in [-0.2, 0) is 19.6 Å². The molecule has 0 fully saturated rings. The van der Waals surface area contributed by atoms with E-state index in [0.717, 1.165) is 32.1 Å². The van der Waals surface area contributed by atoms with Gasteiger partial charge in [-0.3, -0.25) is 4.99 Å². The third kappa shape index (κ3) is 6.16. The van der Waals surface area contributed by atoms with Crippen molar-refractivity contribution in [2.45, 2.75) is 19.6 Å². The van der Waals surface area contributed by atoms with Crippen molar-refractivity contribution in [2.75, 3.05) is 27.7 Å². The summed E-state index contributed by atoms with van der Waals surface area (Å²) >= 11 is 0. The molecule has 2 aromatic rings. The minimum atomic E-state index is 0.769. The maximum Gasteiger partial charge on any atom is 0.191 e. The number of aromatic nitrogens is 1. The first-order chi connectivity index (χ1) is 11.2. The van der Waals surface area contributed by atoms with E-state index in [0.29, 0.717) is 0 Å². The molecule has 2 rings (SSSR count). The molecule has 0 radical (unpaired) electrons. The van der Waals surface area contributed by atoms with Gasteiger partial charge >= 0.3 is 0 Å². The van der Waals surface area contributed by atoms with Crippen molar-refractivity contribution >= 4 is 5.96 Å². The Morgan fingerprint density at radius 2 is 1.70 bits per heavy atom. The molecule has 0 atom stereocenters. The quantitative estimate of drug-likeness (QED) is 0.606. The molecule has 2 N–H and O–H groups in total. The third-order valence-electron chi connectivity index (χ3n) is 3.53. The number of rotatable bonds is 7. The van der Waals surface area contributed by atoms with E-state index < -0.39 is 0 Å². The Labute approximate surface area is 139 Å². The van der Waals surface area contributed by atoms with Gasteiger partial charge in [0, 0.05) is 45.6 Å². The monoisotopic (exact) mass is 313 g/mol. The fourth-order valence-corrected chi connectivity index (χ4v) is 2.36. The largest absolute Gasteiger partial charge is 0.355 e. The van der Waals surface area contributed by atoms with Gasteiger partial charge in [0.05, 0.1) is 0 Å². The first kappa shape index (κ1) is 17.1. The molecule has 0 aliphatic carbocycles. The predicted octanol–water partition coefficient (Wildman–Crippen LogP) is 1.91. The first-order valence-corrected chi connectivity index (χ1v) is 7.95. The highest BCUT2D eigenvalue weighted by molar-refractivity contribution is 5.79. The van der Waals surface area contributed by atoms with Gasteiger partial charge in [-0.15, -0.1) is 0 Å². The molecule has 0 unspecified atom stereocenters. The van der Waals surface area contributed by atoms with Crippen LogP contribution in [-0.4, -0.2) is 43.1 Å². The smallest absolute Gasteiger partial charge is 0.191 e. The topological polar surface area (TPSA) is 44.6 Å². The number of nitrogens with one attached hydrogen (secondary N) is 2. The van der Waals surface area contributed by atoms with E-state index in [4.69, 9.17) is 0 Å². The zero-order valence-corrected chi connectivity index (χ0v) is 14.3. The van der Waals surface area contributed by atoms with Crippen LogP contribution in [0.2, 0.25) is 0 Å². The van der Waals surface area contributed by atoms with Crippen LogP contribution in [0.1, 0.15) is 11.1 Å². The van der Waals surface area contributed by atoms with Crippen molar-refractivity contribution in [2.24, 2.45) is 4.99 Å². The Morgan fingerprint density at radius 1 is 1.04 bits per heavy atom. The lowest BCUT2D eigenvalue weighted by molar-refractivity contribution is 0.402. The lowest BCUT2D eigenvalue weighted by Crippen LogP contribution is -2.38. The van der Waals surface area contributed by atoms with Gasteiger partial charge in [0.15, 0.2) is 5.96 Å². The number of nitrogens with zero attached hydrogens (tertiary/aromatic N) is 3. The van der Waals surface area contributed by atoms with Crippen LogP contribution in [0.4, 0.5) is 0 Å². The minimum Gasteiger partial charge on any atom is -0.355 e. The van der Waals surface area contributed by atoms with Gasteiger partial charge in [-0.2, -0.15) is 0 Å². The molecule has 1 aromatic carbocycles. The molecule has 0 aliphatic heterocycles. The predicted molar refractivity (Wildman–Crippen MR) is 96.5 cm³/mol. The maximum atomic E-state index is 4.26. The van der Waals surface area contributed by atoms with Crippen LogP contribution in [0.15, 0.2) is 53.8 Å². The summed E-state index contributed by atoms with van der Waals surface area (Å²) in [5.74, 6) is 0.828. The average Bonchev–Trinajstić information content (AvgIpc) is 3.05. The number of hydrogen-bond acceptors (Lipinski definition) is 2. The van der Waals surface area contributed by atoms with Crippen LogP contribution in [0.5, 0.6) is 0 Å². The van der Waals surface area contributed by atoms with Crippen LogP contribution in [0.25, 0.3) is 0 Å². The van der Waals surface area contributed by atoms with Crippen molar-refractivity contribution in [1.29, 1.82) is 0 Å². The molecule has 0 spiro atoms. The summed E-state index contributed by atoms with van der Waals surface area (Å²) in [4.78, 5) is 6.43. The lowest BCUT2D eigenvalue weighted by Gasteiger charge is -2.13. The molecule has 0 amide bonds. The normalized spacial score (nSPS) is 11.7. The van der Waals surface area contributed by atoms with Gasteiger partial charge in [-0.25, -0.2) is 0 Å². The summed E-state index contributed by atoms with van der Waals surface area (Å²) in [6.07, 6.45) is 4.13. The molecule has 5 heteroatoms. The van der Waals surface area contributed by atoms with Gasteiger partial charge in [-0.05, 0) is 37.4 Å². The van der Waals surface area contributed by atoms with Crippen molar-refractivity contribution in [3.63, 3.8) is 0 Å². The van der Waals surface area contributed by atoms with Crippen LogP contribution >= 0.6 is 0 Å². The zero-order valence-electron chi connectivity index (χ0n) is 14.3. The van der Waals surface area contributed by atoms with Crippen molar-refractivity contribution in [3.8, 4) is 0 Å². The lowest BCUT2D eigenvalue weighted by atomic mass is 10.1. The van der Waals surface area contributed by atoms with Gasteiger partial charge in [0.2, 0.25) is 0 Å². The molecule has 5 nitrogen and oxygen atoms in total. The highest BCUT2D eigenvalue weighted by atomic mass is 15.2. The van der Waals surface area contributed by atoms with E-state index in [1.807, 2.05) is 12.1 Å². The molecule has 1 heterocycles. The number of aliphatic imine (C=N–C) groups is 1. The molecule has 1 aromatic heterocycles. The second-order valence-electron chi connectivity index (χ2n) is 5.83. The number of hydrogen-bond donors (Lipinski definition) is 2. The molecule has 0 saturated carbocycles. The molecule has 0 aliphatic rings. The highest BCUT2D eigenvalue weighted by Crippen LogP contribution is 2.05. The summed E-state index contributed by atoms with van der Waals surface area (Å²) in [6.45, 7) is 3.50. The van der Waals surface area contributed by atoms with Gasteiger partial charge in [0.1, 0.15) is 0 Å². The first-order valence-electron chi connectivity index (χ1n) is 7.95.